The van der Waals surface area contributed by atoms with Crippen LogP contribution in [0, 0.1) is 5.82 Å². The number of pyridine rings is 1. The lowest BCUT2D eigenvalue weighted by Gasteiger charge is -2.42. The van der Waals surface area contributed by atoms with Gasteiger partial charge in [-0.15, -0.1) is 5.10 Å². The minimum absolute atomic E-state index is 0.0504. The fourth-order valence-electron chi connectivity index (χ4n) is 6.71. The van der Waals surface area contributed by atoms with Crippen LogP contribution in [-0.4, -0.2) is 51.4 Å². The second-order valence-electron chi connectivity index (χ2n) is 12.2. The zero-order chi connectivity index (χ0) is 29.6. The molecule has 1 aliphatic heterocycles. The molecule has 2 aromatic heterocycles. The Kier molecular flexibility index (Phi) is 7.71. The number of carbonyl (C=O) groups is 1. The SMILES string of the molecule is CC(C)[Si](Oc1c2c(c(Cc3nnnn3C)c3cc(Cc4ccc(F)cc4)cnc13)CN(C)C2=O)(C(C)C)C(C)C. The highest BCUT2D eigenvalue weighted by molar-refractivity contribution is 6.78. The average molecular weight is 575 g/mol. The number of rotatable bonds is 9. The first-order valence-electron chi connectivity index (χ1n) is 14.3. The molecule has 0 fully saturated rings. The Morgan fingerprint density at radius 3 is 2.22 bits per heavy atom. The quantitative estimate of drug-likeness (QED) is 0.221. The van der Waals surface area contributed by atoms with E-state index in [2.05, 4.69) is 63.1 Å². The lowest BCUT2D eigenvalue weighted by Crippen LogP contribution is -2.51. The van der Waals surface area contributed by atoms with Crippen LogP contribution in [0.1, 0.15) is 80.0 Å². The van der Waals surface area contributed by atoms with Gasteiger partial charge in [-0.1, -0.05) is 53.7 Å². The maximum Gasteiger partial charge on any atom is 0.258 e. The number of carbonyl (C=O) groups excluding carboxylic acids is 1. The second-order valence-corrected chi connectivity index (χ2v) is 17.6. The number of benzene rings is 2. The zero-order valence-corrected chi connectivity index (χ0v) is 26.2. The van der Waals surface area contributed by atoms with E-state index in [0.29, 0.717) is 58.7 Å². The minimum Gasteiger partial charge on any atom is -0.541 e. The smallest absolute Gasteiger partial charge is 0.258 e. The number of hydrogen-bond donors (Lipinski definition) is 0. The van der Waals surface area contributed by atoms with Crippen molar-refractivity contribution in [3.8, 4) is 5.75 Å². The summed E-state index contributed by atoms with van der Waals surface area (Å²) >= 11 is 0. The molecule has 2 aromatic carbocycles. The molecule has 216 valence electrons. The molecule has 3 heterocycles. The van der Waals surface area contributed by atoms with Crippen LogP contribution in [0.25, 0.3) is 10.9 Å². The van der Waals surface area contributed by atoms with Crippen molar-refractivity contribution in [1.29, 1.82) is 0 Å². The van der Waals surface area contributed by atoms with Gasteiger partial charge in [0.2, 0.25) is 0 Å². The van der Waals surface area contributed by atoms with Crippen molar-refractivity contribution in [2.24, 2.45) is 7.05 Å². The summed E-state index contributed by atoms with van der Waals surface area (Å²) < 4.78 is 22.5. The zero-order valence-electron chi connectivity index (χ0n) is 25.2. The van der Waals surface area contributed by atoms with E-state index in [-0.39, 0.29) is 11.7 Å². The Hall–Kier alpha value is -3.66. The van der Waals surface area contributed by atoms with Gasteiger partial charge in [-0.05, 0) is 73.9 Å². The Balaban J connectivity index is 1.78. The number of halogens is 1. The first kappa shape index (κ1) is 28.9. The summed E-state index contributed by atoms with van der Waals surface area (Å²) in [6.07, 6.45) is 2.90. The summed E-state index contributed by atoms with van der Waals surface area (Å²) in [4.78, 5) is 20.5. The Morgan fingerprint density at radius 2 is 1.63 bits per heavy atom. The summed E-state index contributed by atoms with van der Waals surface area (Å²) in [6, 6.07) is 8.69. The average Bonchev–Trinajstić information content (AvgIpc) is 3.46. The molecule has 0 radical (unpaired) electrons. The highest BCUT2D eigenvalue weighted by atomic mass is 28.4. The predicted octanol–water partition coefficient (Wildman–Crippen LogP) is 6.22. The maximum absolute atomic E-state index is 13.8. The van der Waals surface area contributed by atoms with Crippen molar-refractivity contribution in [2.75, 3.05) is 7.05 Å². The molecule has 0 bridgehead atoms. The van der Waals surface area contributed by atoms with Gasteiger partial charge >= 0.3 is 0 Å². The van der Waals surface area contributed by atoms with E-state index in [4.69, 9.17) is 9.41 Å². The van der Waals surface area contributed by atoms with E-state index in [1.807, 2.05) is 20.3 Å². The number of hydrogen-bond acceptors (Lipinski definition) is 6. The summed E-state index contributed by atoms with van der Waals surface area (Å²) in [5, 5.41) is 13.1. The molecule has 0 N–H and O–H groups in total. The van der Waals surface area contributed by atoms with E-state index in [0.717, 1.165) is 27.6 Å². The first-order chi connectivity index (χ1) is 19.4. The molecule has 0 saturated heterocycles. The molecule has 0 saturated carbocycles. The molecular formula is C31H39FN6O2Si. The van der Waals surface area contributed by atoms with E-state index >= 15 is 0 Å². The molecule has 1 aliphatic rings. The Morgan fingerprint density at radius 1 is 0.976 bits per heavy atom. The van der Waals surface area contributed by atoms with Gasteiger partial charge in [-0.2, -0.15) is 0 Å². The molecule has 0 unspecified atom stereocenters. The molecule has 10 heteroatoms. The number of tetrazole rings is 1. The van der Waals surface area contributed by atoms with Gasteiger partial charge in [-0.3, -0.25) is 9.78 Å². The number of nitrogens with zero attached hydrogens (tertiary/aromatic N) is 6. The largest absolute Gasteiger partial charge is 0.541 e. The van der Waals surface area contributed by atoms with Gasteiger partial charge in [0.25, 0.3) is 14.2 Å². The normalized spacial score (nSPS) is 13.8. The van der Waals surface area contributed by atoms with Crippen molar-refractivity contribution in [1.82, 2.24) is 30.1 Å². The van der Waals surface area contributed by atoms with Crippen molar-refractivity contribution >= 4 is 25.1 Å². The molecular weight excluding hydrogens is 535 g/mol. The third-order valence-corrected chi connectivity index (χ3v) is 14.7. The predicted molar refractivity (Wildman–Crippen MR) is 160 cm³/mol. The van der Waals surface area contributed by atoms with Gasteiger partial charge in [0.15, 0.2) is 5.82 Å². The lowest BCUT2D eigenvalue weighted by molar-refractivity contribution is 0.0815. The van der Waals surface area contributed by atoms with Gasteiger partial charge in [-0.25, -0.2) is 9.07 Å². The third-order valence-electron chi connectivity index (χ3n) is 8.68. The molecule has 0 spiro atoms. The molecule has 4 aromatic rings. The highest BCUT2D eigenvalue weighted by Gasteiger charge is 2.49. The van der Waals surface area contributed by atoms with Gasteiger partial charge in [0.05, 0.1) is 5.56 Å². The number of aryl methyl sites for hydroxylation is 1. The van der Waals surface area contributed by atoms with Crippen LogP contribution in [0.15, 0.2) is 36.5 Å². The van der Waals surface area contributed by atoms with Crippen molar-refractivity contribution in [2.45, 2.75) is 77.6 Å². The van der Waals surface area contributed by atoms with E-state index in [1.165, 1.54) is 12.1 Å². The van der Waals surface area contributed by atoms with Crippen LogP contribution in [0.2, 0.25) is 16.6 Å². The van der Waals surface area contributed by atoms with Crippen LogP contribution in [0.4, 0.5) is 4.39 Å². The van der Waals surface area contributed by atoms with Gasteiger partial charge in [0, 0.05) is 38.6 Å². The monoisotopic (exact) mass is 574 g/mol. The van der Waals surface area contributed by atoms with Crippen LogP contribution in [0.3, 0.4) is 0 Å². The van der Waals surface area contributed by atoms with E-state index < -0.39 is 8.32 Å². The van der Waals surface area contributed by atoms with Crippen molar-refractivity contribution < 1.29 is 13.6 Å². The summed E-state index contributed by atoms with van der Waals surface area (Å²) in [7, 11) is 1.21. The van der Waals surface area contributed by atoms with Crippen LogP contribution in [-0.2, 0) is 26.4 Å². The minimum atomic E-state index is -2.43. The van der Waals surface area contributed by atoms with E-state index in [1.54, 1.807) is 21.7 Å². The van der Waals surface area contributed by atoms with Crippen LogP contribution in [0.5, 0.6) is 5.75 Å². The fraction of sp³-hybridized carbons (Fsp3) is 0.452. The summed E-state index contributed by atoms with van der Waals surface area (Å²) in [5.74, 6) is 0.999. The summed E-state index contributed by atoms with van der Waals surface area (Å²) in [5.41, 5.74) is 6.19. The molecule has 1 amide bonds. The van der Waals surface area contributed by atoms with E-state index in [9.17, 15) is 9.18 Å². The first-order valence-corrected chi connectivity index (χ1v) is 16.4. The molecule has 0 aliphatic carbocycles. The highest BCUT2D eigenvalue weighted by Crippen LogP contribution is 2.48. The lowest BCUT2D eigenvalue weighted by atomic mass is 9.93. The van der Waals surface area contributed by atoms with Crippen molar-refractivity contribution in [3.05, 3.63) is 76.0 Å². The number of fused-ring (bicyclic) bond motifs is 2. The van der Waals surface area contributed by atoms with Gasteiger partial charge in [0.1, 0.15) is 17.1 Å². The number of amides is 1. The Bertz CT molecular complexity index is 1580. The van der Waals surface area contributed by atoms with Crippen molar-refractivity contribution in [3.63, 3.8) is 0 Å². The maximum atomic E-state index is 13.8. The molecule has 41 heavy (non-hydrogen) atoms. The number of aromatic nitrogens is 5. The second kappa shape index (κ2) is 11.0. The molecule has 5 rings (SSSR count). The third kappa shape index (κ3) is 5.02. The van der Waals surface area contributed by atoms with Crippen LogP contribution < -0.4 is 4.43 Å². The Labute approximate surface area is 242 Å². The molecule has 8 nitrogen and oxygen atoms in total. The topological polar surface area (TPSA) is 86.0 Å². The van der Waals surface area contributed by atoms with Gasteiger partial charge < -0.3 is 9.33 Å². The fourth-order valence-corrected chi connectivity index (χ4v) is 12.0. The standard InChI is InChI=1S/C31H39FN6O2Si/c1-18(2)41(19(3)4,20(5)6)40-30-28-26(17-37(7)31(28)39)24(15-27-34-35-36-38(27)8)25-14-22(16-33-29(25)30)13-21-9-11-23(32)12-10-21/h9-12,14,16,18-20H,13,15,17H2,1-8H3. The summed E-state index contributed by atoms with van der Waals surface area (Å²) in [6.45, 7) is 13.9. The molecule has 0 atom stereocenters. The van der Waals surface area contributed by atoms with Crippen LogP contribution >= 0.6 is 0 Å².